The molecule has 0 radical (unpaired) electrons. The minimum atomic E-state index is -0.149. The maximum Gasteiger partial charge on any atom is 0.126 e. The molecule has 2 nitrogen and oxygen atoms in total. The Hall–Kier alpha value is -1.26. The van der Waals surface area contributed by atoms with Crippen molar-refractivity contribution in [2.75, 3.05) is 0 Å². The Labute approximate surface area is 105 Å². The number of aromatic nitrogens is 1. The number of hydrogen-bond acceptors (Lipinski definition) is 3. The minimum absolute atomic E-state index is 0.149. The average Bonchev–Trinajstić information content (AvgIpc) is 2.70. The maximum atomic E-state index is 13.1. The summed E-state index contributed by atoms with van der Waals surface area (Å²) >= 11 is 1.69. The van der Waals surface area contributed by atoms with Crippen LogP contribution in [0.25, 0.3) is 0 Å². The summed E-state index contributed by atoms with van der Waals surface area (Å²) in [6.07, 6.45) is 1.88. The minimum Gasteiger partial charge on any atom is -0.306 e. The maximum absolute atomic E-state index is 13.1. The van der Waals surface area contributed by atoms with Gasteiger partial charge in [0.05, 0.1) is 0 Å². The monoisotopic (exact) mass is 250 g/mol. The first-order valence-corrected chi connectivity index (χ1v) is 6.34. The molecule has 1 aromatic heterocycles. The van der Waals surface area contributed by atoms with Gasteiger partial charge in [-0.05, 0) is 31.0 Å². The molecule has 0 spiro atoms. The third-order valence-electron chi connectivity index (χ3n) is 2.50. The molecular formula is C13H15FN2S. The third kappa shape index (κ3) is 3.35. The van der Waals surface area contributed by atoms with Crippen molar-refractivity contribution in [2.24, 2.45) is 0 Å². The summed E-state index contributed by atoms with van der Waals surface area (Å²) < 4.78 is 13.1. The number of halogens is 1. The summed E-state index contributed by atoms with van der Waals surface area (Å²) in [6.45, 7) is 5.32. The van der Waals surface area contributed by atoms with E-state index in [-0.39, 0.29) is 5.82 Å². The predicted octanol–water partition coefficient (Wildman–Crippen LogP) is 3.19. The van der Waals surface area contributed by atoms with Crippen LogP contribution in [0.4, 0.5) is 4.39 Å². The van der Waals surface area contributed by atoms with Crippen molar-refractivity contribution >= 4 is 11.3 Å². The van der Waals surface area contributed by atoms with Crippen molar-refractivity contribution in [3.8, 4) is 0 Å². The first-order valence-electron chi connectivity index (χ1n) is 5.52. The molecule has 1 N–H and O–H groups in total. The third-order valence-corrected chi connectivity index (χ3v) is 3.41. The van der Waals surface area contributed by atoms with Crippen LogP contribution in [-0.4, -0.2) is 4.98 Å². The molecule has 0 aliphatic rings. The Balaban J connectivity index is 1.87. The number of aryl methyl sites for hydroxylation is 2. The molecule has 1 aromatic carbocycles. The summed E-state index contributed by atoms with van der Waals surface area (Å²) in [5.41, 5.74) is 1.78. The van der Waals surface area contributed by atoms with E-state index in [1.54, 1.807) is 18.3 Å². The van der Waals surface area contributed by atoms with Crippen LogP contribution in [0.3, 0.4) is 0 Å². The van der Waals surface area contributed by atoms with Crippen molar-refractivity contribution in [1.29, 1.82) is 0 Å². The highest BCUT2D eigenvalue weighted by Crippen LogP contribution is 2.12. The van der Waals surface area contributed by atoms with Crippen LogP contribution in [0.15, 0.2) is 24.4 Å². The summed E-state index contributed by atoms with van der Waals surface area (Å²) in [6, 6.07) is 5.19. The van der Waals surface area contributed by atoms with Gasteiger partial charge in [-0.15, -0.1) is 11.3 Å². The molecule has 0 fully saturated rings. The van der Waals surface area contributed by atoms with Crippen molar-refractivity contribution in [1.82, 2.24) is 10.3 Å². The number of rotatable bonds is 4. The largest absolute Gasteiger partial charge is 0.306 e. The van der Waals surface area contributed by atoms with Crippen molar-refractivity contribution in [3.05, 3.63) is 51.2 Å². The van der Waals surface area contributed by atoms with E-state index in [0.29, 0.717) is 5.56 Å². The zero-order chi connectivity index (χ0) is 12.3. The van der Waals surface area contributed by atoms with Gasteiger partial charge in [0.15, 0.2) is 0 Å². The molecule has 0 bridgehead atoms. The molecule has 1 heterocycles. The number of hydrogen-bond donors (Lipinski definition) is 1. The Morgan fingerprint density at radius 1 is 1.29 bits per heavy atom. The van der Waals surface area contributed by atoms with E-state index in [1.807, 2.05) is 25.3 Å². The van der Waals surface area contributed by atoms with Crippen molar-refractivity contribution in [3.63, 3.8) is 0 Å². The fourth-order valence-corrected chi connectivity index (χ4v) is 2.37. The highest BCUT2D eigenvalue weighted by atomic mass is 32.1. The molecule has 0 aliphatic carbocycles. The van der Waals surface area contributed by atoms with Crippen LogP contribution < -0.4 is 5.32 Å². The molecule has 0 saturated heterocycles. The van der Waals surface area contributed by atoms with E-state index in [9.17, 15) is 4.39 Å². The fourth-order valence-electron chi connectivity index (χ4n) is 1.61. The van der Waals surface area contributed by atoms with Crippen LogP contribution >= 0.6 is 11.3 Å². The van der Waals surface area contributed by atoms with Crippen LogP contribution in [0.1, 0.15) is 21.0 Å². The number of nitrogens with zero attached hydrogens (tertiary/aromatic N) is 1. The Kier molecular flexibility index (Phi) is 3.86. The van der Waals surface area contributed by atoms with Crippen LogP contribution in [-0.2, 0) is 13.1 Å². The molecule has 0 unspecified atom stereocenters. The van der Waals surface area contributed by atoms with Crippen LogP contribution in [0.2, 0.25) is 0 Å². The molecule has 17 heavy (non-hydrogen) atoms. The Morgan fingerprint density at radius 3 is 2.76 bits per heavy atom. The van der Waals surface area contributed by atoms with E-state index in [1.165, 1.54) is 10.9 Å². The lowest BCUT2D eigenvalue weighted by molar-refractivity contribution is 0.615. The summed E-state index contributed by atoms with van der Waals surface area (Å²) in [5, 5.41) is 4.39. The molecule has 0 atom stereocenters. The number of nitrogens with one attached hydrogen (secondary N) is 1. The summed E-state index contributed by atoms with van der Waals surface area (Å²) in [4.78, 5) is 5.50. The summed E-state index contributed by atoms with van der Waals surface area (Å²) in [5.74, 6) is -0.149. The lowest BCUT2D eigenvalue weighted by Gasteiger charge is -2.04. The zero-order valence-electron chi connectivity index (χ0n) is 9.96. The molecule has 4 heteroatoms. The average molecular weight is 250 g/mol. The first-order chi connectivity index (χ1) is 8.15. The molecule has 0 amide bonds. The van der Waals surface area contributed by atoms with Gasteiger partial charge in [0.1, 0.15) is 10.8 Å². The standard InChI is InChI=1S/C13H15FN2S/c1-9-5-11(3-4-12(9)14)7-15-8-13-16-6-10(2)17-13/h3-6,15H,7-8H2,1-2H3. The van der Waals surface area contributed by atoms with E-state index in [0.717, 1.165) is 23.7 Å². The lowest BCUT2D eigenvalue weighted by atomic mass is 10.1. The topological polar surface area (TPSA) is 24.9 Å². The van der Waals surface area contributed by atoms with Gasteiger partial charge in [-0.2, -0.15) is 0 Å². The highest BCUT2D eigenvalue weighted by Gasteiger charge is 2.00. The van der Waals surface area contributed by atoms with Gasteiger partial charge in [-0.3, -0.25) is 0 Å². The second-order valence-corrected chi connectivity index (χ2v) is 5.37. The molecule has 0 saturated carbocycles. The lowest BCUT2D eigenvalue weighted by Crippen LogP contribution is -2.12. The Bertz CT molecular complexity index is 508. The number of benzene rings is 1. The molecule has 2 aromatic rings. The molecular weight excluding hydrogens is 235 g/mol. The van der Waals surface area contributed by atoms with Gasteiger partial charge in [-0.25, -0.2) is 9.37 Å². The van der Waals surface area contributed by atoms with E-state index in [4.69, 9.17) is 0 Å². The molecule has 2 rings (SSSR count). The predicted molar refractivity (Wildman–Crippen MR) is 68.5 cm³/mol. The van der Waals surface area contributed by atoms with Gasteiger partial charge in [0.2, 0.25) is 0 Å². The fraction of sp³-hybridized carbons (Fsp3) is 0.308. The van der Waals surface area contributed by atoms with Gasteiger partial charge in [0.25, 0.3) is 0 Å². The van der Waals surface area contributed by atoms with Crippen LogP contribution in [0, 0.1) is 19.7 Å². The van der Waals surface area contributed by atoms with E-state index in [2.05, 4.69) is 10.3 Å². The van der Waals surface area contributed by atoms with Gasteiger partial charge in [0, 0.05) is 24.2 Å². The second kappa shape index (κ2) is 5.38. The van der Waals surface area contributed by atoms with Gasteiger partial charge in [-0.1, -0.05) is 12.1 Å². The van der Waals surface area contributed by atoms with E-state index >= 15 is 0 Å². The van der Waals surface area contributed by atoms with Gasteiger partial charge < -0.3 is 5.32 Å². The molecule has 0 aliphatic heterocycles. The Morgan fingerprint density at radius 2 is 2.12 bits per heavy atom. The van der Waals surface area contributed by atoms with Crippen molar-refractivity contribution in [2.45, 2.75) is 26.9 Å². The highest BCUT2D eigenvalue weighted by molar-refractivity contribution is 7.11. The van der Waals surface area contributed by atoms with Gasteiger partial charge >= 0.3 is 0 Å². The van der Waals surface area contributed by atoms with Crippen molar-refractivity contribution < 1.29 is 4.39 Å². The summed E-state index contributed by atoms with van der Waals surface area (Å²) in [7, 11) is 0. The zero-order valence-corrected chi connectivity index (χ0v) is 10.8. The smallest absolute Gasteiger partial charge is 0.126 e. The van der Waals surface area contributed by atoms with Crippen LogP contribution in [0.5, 0.6) is 0 Å². The number of thiazole rings is 1. The quantitative estimate of drug-likeness (QED) is 0.901. The normalized spacial score (nSPS) is 10.8. The first kappa shape index (κ1) is 12.2. The SMILES string of the molecule is Cc1cnc(CNCc2ccc(F)c(C)c2)s1. The molecule has 90 valence electrons. The second-order valence-electron chi connectivity index (χ2n) is 4.05. The van der Waals surface area contributed by atoms with E-state index < -0.39 is 0 Å².